The van der Waals surface area contributed by atoms with Crippen LogP contribution >= 0.6 is 0 Å². The van der Waals surface area contributed by atoms with Gasteiger partial charge in [-0.25, -0.2) is 0 Å². The van der Waals surface area contributed by atoms with Crippen LogP contribution in [0.2, 0.25) is 0 Å². The van der Waals surface area contributed by atoms with Gasteiger partial charge in [0.1, 0.15) is 0 Å². The first kappa shape index (κ1) is 12.9. The van der Waals surface area contributed by atoms with E-state index in [0.717, 1.165) is 5.69 Å². The Hall–Kier alpha value is -1.13. The van der Waals surface area contributed by atoms with E-state index < -0.39 is 6.10 Å². The largest absolute Gasteiger partial charge is 0.392 e. The molecule has 0 fully saturated rings. The molecule has 1 unspecified atom stereocenters. The zero-order valence-electron chi connectivity index (χ0n) is 10.1. The Morgan fingerprint density at radius 3 is 2.50 bits per heavy atom. The summed E-state index contributed by atoms with van der Waals surface area (Å²) in [5, 5.41) is 18.9. The third-order valence-corrected chi connectivity index (χ3v) is 2.48. The molecule has 0 saturated carbocycles. The normalized spacial score (nSPS) is 14.6. The molecule has 0 spiro atoms. The summed E-state index contributed by atoms with van der Waals surface area (Å²) >= 11 is 0. The lowest BCUT2D eigenvalue weighted by Crippen LogP contribution is -2.26. The Balaban J connectivity index is 2.70. The zero-order chi connectivity index (χ0) is 12.1. The van der Waals surface area contributed by atoms with E-state index in [1.807, 2.05) is 31.0 Å². The highest BCUT2D eigenvalue weighted by Gasteiger charge is 2.08. The quantitative estimate of drug-likeness (QED) is 0.792. The molecule has 0 radical (unpaired) electrons. The molecule has 2 N–H and O–H groups in total. The Morgan fingerprint density at radius 2 is 2.06 bits per heavy atom. The minimum atomic E-state index is -0.490. The van der Waals surface area contributed by atoms with Crippen LogP contribution in [-0.2, 0) is 0 Å². The first-order valence-corrected chi connectivity index (χ1v) is 5.57. The van der Waals surface area contributed by atoms with Gasteiger partial charge in [-0.05, 0) is 25.5 Å². The van der Waals surface area contributed by atoms with Gasteiger partial charge in [0.15, 0.2) is 0 Å². The third kappa shape index (κ3) is 3.47. The predicted molar refractivity (Wildman–Crippen MR) is 64.4 cm³/mol. The van der Waals surface area contributed by atoms with Gasteiger partial charge >= 0.3 is 0 Å². The summed E-state index contributed by atoms with van der Waals surface area (Å²) < 4.78 is 0. The number of aliphatic hydroxyl groups is 2. The van der Waals surface area contributed by atoms with Crippen molar-refractivity contribution < 1.29 is 10.2 Å². The Labute approximate surface area is 96.6 Å². The number of likely N-dealkylation sites (N-methyl/N-ethyl adjacent to an activating group) is 1. The van der Waals surface area contributed by atoms with Crippen LogP contribution in [0.25, 0.3) is 0 Å². The lowest BCUT2D eigenvalue weighted by Gasteiger charge is -2.20. The molecule has 4 heteroatoms. The standard InChI is InChI=1S/C12H20N2O2/c1-4-12(16)11-6-5-10(7-13-11)14(3)8-9(2)15/h5-7,9,12,15-16H,4,8H2,1-3H3/t9?,12-/m0/s1. The smallest absolute Gasteiger partial charge is 0.0957 e. The second-order valence-electron chi connectivity index (χ2n) is 4.09. The van der Waals surface area contributed by atoms with Crippen LogP contribution in [0.1, 0.15) is 32.1 Å². The third-order valence-electron chi connectivity index (χ3n) is 2.48. The van der Waals surface area contributed by atoms with E-state index >= 15 is 0 Å². The van der Waals surface area contributed by atoms with Crippen LogP contribution in [-0.4, -0.2) is 34.9 Å². The maximum atomic E-state index is 9.59. The van der Waals surface area contributed by atoms with Crippen LogP contribution < -0.4 is 4.90 Å². The van der Waals surface area contributed by atoms with E-state index in [4.69, 9.17) is 0 Å². The van der Waals surface area contributed by atoms with Crippen LogP contribution in [0.4, 0.5) is 5.69 Å². The van der Waals surface area contributed by atoms with Crippen molar-refractivity contribution in [3.8, 4) is 0 Å². The minimum absolute atomic E-state index is 0.370. The van der Waals surface area contributed by atoms with Gasteiger partial charge in [-0.15, -0.1) is 0 Å². The van der Waals surface area contributed by atoms with Crippen molar-refractivity contribution in [2.75, 3.05) is 18.5 Å². The van der Waals surface area contributed by atoms with Gasteiger partial charge in [0.05, 0.1) is 29.8 Å². The maximum Gasteiger partial charge on any atom is 0.0957 e. The van der Waals surface area contributed by atoms with Crippen LogP contribution in [0.5, 0.6) is 0 Å². The molecular weight excluding hydrogens is 204 g/mol. The number of aromatic nitrogens is 1. The lowest BCUT2D eigenvalue weighted by atomic mass is 10.2. The Kier molecular flexibility index (Phi) is 4.71. The second kappa shape index (κ2) is 5.82. The fraction of sp³-hybridized carbons (Fsp3) is 0.583. The summed E-state index contributed by atoms with van der Waals surface area (Å²) in [5.41, 5.74) is 1.63. The summed E-state index contributed by atoms with van der Waals surface area (Å²) in [5.74, 6) is 0. The number of anilines is 1. The molecule has 1 aromatic heterocycles. The molecule has 1 rings (SSSR count). The maximum absolute atomic E-state index is 9.59. The van der Waals surface area contributed by atoms with Crippen molar-refractivity contribution in [1.29, 1.82) is 0 Å². The van der Waals surface area contributed by atoms with Gasteiger partial charge in [-0.3, -0.25) is 4.98 Å². The predicted octanol–water partition coefficient (Wildman–Crippen LogP) is 1.34. The fourth-order valence-electron chi connectivity index (χ4n) is 1.53. The highest BCUT2D eigenvalue weighted by atomic mass is 16.3. The van der Waals surface area contributed by atoms with Crippen molar-refractivity contribution in [2.24, 2.45) is 0 Å². The molecule has 0 aromatic carbocycles. The molecule has 4 nitrogen and oxygen atoms in total. The van der Waals surface area contributed by atoms with Crippen LogP contribution in [0.3, 0.4) is 0 Å². The van der Waals surface area contributed by atoms with Gasteiger partial charge in [0.2, 0.25) is 0 Å². The van der Waals surface area contributed by atoms with E-state index in [1.165, 1.54) is 0 Å². The van der Waals surface area contributed by atoms with E-state index in [1.54, 1.807) is 13.1 Å². The molecule has 1 heterocycles. The molecular formula is C12H20N2O2. The first-order chi connectivity index (χ1) is 7.54. The molecule has 0 aliphatic heterocycles. The topological polar surface area (TPSA) is 56.6 Å². The van der Waals surface area contributed by atoms with Crippen molar-refractivity contribution in [3.63, 3.8) is 0 Å². The summed E-state index contributed by atoms with van der Waals surface area (Å²) in [6, 6.07) is 3.73. The Bertz CT molecular complexity index is 311. The number of pyridine rings is 1. The van der Waals surface area contributed by atoms with Gasteiger partial charge in [0.25, 0.3) is 0 Å². The fourth-order valence-corrected chi connectivity index (χ4v) is 1.53. The number of nitrogens with zero attached hydrogens (tertiary/aromatic N) is 2. The summed E-state index contributed by atoms with van der Waals surface area (Å²) in [7, 11) is 1.90. The van der Waals surface area contributed by atoms with E-state index in [0.29, 0.717) is 18.7 Å². The van der Waals surface area contributed by atoms with Gasteiger partial charge in [-0.1, -0.05) is 6.92 Å². The lowest BCUT2D eigenvalue weighted by molar-refractivity contribution is 0.169. The minimum Gasteiger partial charge on any atom is -0.392 e. The van der Waals surface area contributed by atoms with Crippen molar-refractivity contribution in [3.05, 3.63) is 24.0 Å². The van der Waals surface area contributed by atoms with E-state index in [2.05, 4.69) is 4.98 Å². The molecule has 2 atom stereocenters. The first-order valence-electron chi connectivity index (χ1n) is 5.57. The van der Waals surface area contributed by atoms with Crippen molar-refractivity contribution in [1.82, 2.24) is 4.98 Å². The molecule has 16 heavy (non-hydrogen) atoms. The molecule has 0 saturated heterocycles. The van der Waals surface area contributed by atoms with Gasteiger partial charge in [0, 0.05) is 13.6 Å². The monoisotopic (exact) mass is 224 g/mol. The molecule has 0 amide bonds. The van der Waals surface area contributed by atoms with E-state index in [-0.39, 0.29) is 6.10 Å². The average Bonchev–Trinajstić information content (AvgIpc) is 2.27. The molecule has 0 aliphatic carbocycles. The van der Waals surface area contributed by atoms with Crippen LogP contribution in [0, 0.1) is 0 Å². The summed E-state index contributed by atoms with van der Waals surface area (Å²) in [4.78, 5) is 6.13. The van der Waals surface area contributed by atoms with Gasteiger partial charge in [-0.2, -0.15) is 0 Å². The highest BCUT2D eigenvalue weighted by Crippen LogP contribution is 2.17. The van der Waals surface area contributed by atoms with Crippen molar-refractivity contribution in [2.45, 2.75) is 32.5 Å². The Morgan fingerprint density at radius 1 is 1.38 bits per heavy atom. The molecule has 0 aliphatic rings. The zero-order valence-corrected chi connectivity index (χ0v) is 10.1. The van der Waals surface area contributed by atoms with Crippen molar-refractivity contribution >= 4 is 5.69 Å². The highest BCUT2D eigenvalue weighted by molar-refractivity contribution is 5.43. The number of hydrogen-bond acceptors (Lipinski definition) is 4. The molecule has 1 aromatic rings. The second-order valence-corrected chi connectivity index (χ2v) is 4.09. The average molecular weight is 224 g/mol. The molecule has 90 valence electrons. The van der Waals surface area contributed by atoms with Gasteiger partial charge < -0.3 is 15.1 Å². The number of aliphatic hydroxyl groups excluding tert-OH is 2. The summed E-state index contributed by atoms with van der Waals surface area (Å²) in [6.07, 6.45) is 1.52. The number of rotatable bonds is 5. The SMILES string of the molecule is CC[C@H](O)c1ccc(N(C)CC(C)O)cn1. The summed E-state index contributed by atoms with van der Waals surface area (Å²) in [6.45, 7) is 4.23. The van der Waals surface area contributed by atoms with E-state index in [9.17, 15) is 10.2 Å². The van der Waals surface area contributed by atoms with Crippen LogP contribution in [0.15, 0.2) is 18.3 Å². The number of hydrogen-bond donors (Lipinski definition) is 2. The molecule has 0 bridgehead atoms.